The SMILES string of the molecule is CN(CCc1ccncc1)c1ccc(C(=O)Nc2ccc(F)cc2F)nn1. The monoisotopic (exact) mass is 369 g/mol. The lowest BCUT2D eigenvalue weighted by Gasteiger charge is -2.17. The highest BCUT2D eigenvalue weighted by Crippen LogP contribution is 2.16. The number of nitrogens with one attached hydrogen (secondary N) is 1. The third-order valence-corrected chi connectivity index (χ3v) is 3.94. The van der Waals surface area contributed by atoms with Crippen LogP contribution in [0.25, 0.3) is 0 Å². The first-order valence-corrected chi connectivity index (χ1v) is 8.23. The van der Waals surface area contributed by atoms with Crippen molar-refractivity contribution in [3.8, 4) is 0 Å². The normalized spacial score (nSPS) is 10.5. The predicted molar refractivity (Wildman–Crippen MR) is 97.6 cm³/mol. The number of likely N-dealkylation sites (N-methyl/N-ethyl adjacent to an activating group) is 1. The molecule has 1 amide bonds. The lowest BCUT2D eigenvalue weighted by Crippen LogP contribution is -2.22. The van der Waals surface area contributed by atoms with Crippen molar-refractivity contribution in [2.45, 2.75) is 6.42 Å². The Morgan fingerprint density at radius 3 is 2.52 bits per heavy atom. The van der Waals surface area contributed by atoms with Gasteiger partial charge in [0.15, 0.2) is 11.5 Å². The molecule has 1 aromatic carbocycles. The molecular weight excluding hydrogens is 352 g/mol. The molecule has 1 N–H and O–H groups in total. The number of hydrogen-bond acceptors (Lipinski definition) is 5. The third kappa shape index (κ3) is 4.81. The molecule has 0 aliphatic heterocycles. The molecule has 3 aromatic rings. The Kier molecular flexibility index (Phi) is 5.65. The van der Waals surface area contributed by atoms with Gasteiger partial charge in [0.05, 0.1) is 5.69 Å². The Bertz CT molecular complexity index is 919. The van der Waals surface area contributed by atoms with Crippen molar-refractivity contribution in [2.24, 2.45) is 0 Å². The average Bonchev–Trinajstić information content (AvgIpc) is 2.69. The molecule has 2 heterocycles. The lowest BCUT2D eigenvalue weighted by atomic mass is 10.2. The fourth-order valence-corrected chi connectivity index (χ4v) is 2.39. The van der Waals surface area contributed by atoms with Crippen LogP contribution in [-0.4, -0.2) is 34.7 Å². The minimum Gasteiger partial charge on any atom is -0.358 e. The summed E-state index contributed by atoms with van der Waals surface area (Å²) in [7, 11) is 1.87. The zero-order valence-corrected chi connectivity index (χ0v) is 14.6. The minimum absolute atomic E-state index is 0.0324. The van der Waals surface area contributed by atoms with E-state index in [1.807, 2.05) is 24.1 Å². The van der Waals surface area contributed by atoms with E-state index in [1.54, 1.807) is 18.5 Å². The molecular formula is C19H17F2N5O. The molecule has 2 aromatic heterocycles. The first-order valence-electron chi connectivity index (χ1n) is 8.23. The molecule has 0 saturated carbocycles. The van der Waals surface area contributed by atoms with Crippen LogP contribution in [0.15, 0.2) is 54.9 Å². The van der Waals surface area contributed by atoms with Crippen molar-refractivity contribution >= 4 is 17.4 Å². The van der Waals surface area contributed by atoms with E-state index in [0.717, 1.165) is 24.1 Å². The van der Waals surface area contributed by atoms with Gasteiger partial charge < -0.3 is 10.2 Å². The van der Waals surface area contributed by atoms with Crippen LogP contribution in [0.3, 0.4) is 0 Å². The number of hydrogen-bond donors (Lipinski definition) is 1. The first-order chi connectivity index (χ1) is 13.0. The number of nitrogens with zero attached hydrogens (tertiary/aromatic N) is 4. The molecule has 0 aliphatic rings. The van der Waals surface area contributed by atoms with Gasteiger partial charge in [0.25, 0.3) is 5.91 Å². The van der Waals surface area contributed by atoms with Crippen LogP contribution in [0.5, 0.6) is 0 Å². The molecule has 0 radical (unpaired) electrons. The van der Waals surface area contributed by atoms with E-state index in [4.69, 9.17) is 0 Å². The number of halogens is 2. The summed E-state index contributed by atoms with van der Waals surface area (Å²) in [5, 5.41) is 10.3. The van der Waals surface area contributed by atoms with E-state index in [9.17, 15) is 13.6 Å². The number of rotatable bonds is 6. The molecule has 27 heavy (non-hydrogen) atoms. The fourth-order valence-electron chi connectivity index (χ4n) is 2.39. The standard InChI is InChI=1S/C19H17F2N5O/c1-26(11-8-13-6-9-22-10-7-13)18-5-4-17(24-25-18)19(27)23-16-3-2-14(20)12-15(16)21/h2-7,9-10,12H,8,11H2,1H3,(H,23,27). The first kappa shape index (κ1) is 18.4. The zero-order chi connectivity index (χ0) is 19.2. The molecule has 0 bridgehead atoms. The number of amides is 1. The Hall–Kier alpha value is -3.42. The highest BCUT2D eigenvalue weighted by atomic mass is 19.1. The van der Waals surface area contributed by atoms with Crippen molar-refractivity contribution in [1.82, 2.24) is 15.2 Å². The maximum atomic E-state index is 13.6. The van der Waals surface area contributed by atoms with Gasteiger partial charge in [0.2, 0.25) is 0 Å². The van der Waals surface area contributed by atoms with Crippen LogP contribution in [-0.2, 0) is 6.42 Å². The summed E-state index contributed by atoms with van der Waals surface area (Å²) >= 11 is 0. The number of anilines is 2. The Morgan fingerprint density at radius 1 is 1.07 bits per heavy atom. The van der Waals surface area contributed by atoms with Gasteiger partial charge in [-0.2, -0.15) is 0 Å². The predicted octanol–water partition coefficient (Wildman–Crippen LogP) is 3.08. The van der Waals surface area contributed by atoms with E-state index >= 15 is 0 Å². The van der Waals surface area contributed by atoms with Crippen molar-refractivity contribution in [1.29, 1.82) is 0 Å². The summed E-state index contributed by atoms with van der Waals surface area (Å²) in [4.78, 5) is 18.0. The van der Waals surface area contributed by atoms with Crippen LogP contribution in [0, 0.1) is 11.6 Å². The number of aromatic nitrogens is 3. The van der Waals surface area contributed by atoms with Crippen LogP contribution >= 0.6 is 0 Å². The fraction of sp³-hybridized carbons (Fsp3) is 0.158. The second-order valence-electron chi connectivity index (χ2n) is 5.88. The molecule has 0 fully saturated rings. The topological polar surface area (TPSA) is 71.0 Å². The van der Waals surface area contributed by atoms with Crippen molar-refractivity contribution in [3.05, 3.63) is 77.8 Å². The van der Waals surface area contributed by atoms with Gasteiger partial charge in [-0.3, -0.25) is 9.78 Å². The summed E-state index contributed by atoms with van der Waals surface area (Å²) in [5.41, 5.74) is 1.06. The number of benzene rings is 1. The molecule has 3 rings (SSSR count). The van der Waals surface area contributed by atoms with E-state index in [-0.39, 0.29) is 11.4 Å². The molecule has 0 spiro atoms. The van der Waals surface area contributed by atoms with Crippen LogP contribution in [0.4, 0.5) is 20.3 Å². The summed E-state index contributed by atoms with van der Waals surface area (Å²) in [6, 6.07) is 9.96. The third-order valence-electron chi connectivity index (χ3n) is 3.94. The Balaban J connectivity index is 1.61. The molecule has 0 atom stereocenters. The van der Waals surface area contributed by atoms with Crippen molar-refractivity contribution in [2.75, 3.05) is 23.8 Å². The second-order valence-corrected chi connectivity index (χ2v) is 5.88. The maximum absolute atomic E-state index is 13.6. The Labute approximate surface area is 154 Å². The van der Waals surface area contributed by atoms with E-state index in [2.05, 4.69) is 20.5 Å². The number of pyridine rings is 1. The smallest absolute Gasteiger partial charge is 0.276 e. The van der Waals surface area contributed by atoms with E-state index in [1.165, 1.54) is 6.07 Å². The zero-order valence-electron chi connectivity index (χ0n) is 14.6. The van der Waals surface area contributed by atoms with Crippen molar-refractivity contribution < 1.29 is 13.6 Å². The average molecular weight is 369 g/mol. The van der Waals surface area contributed by atoms with Crippen LogP contribution in [0.2, 0.25) is 0 Å². The Morgan fingerprint density at radius 2 is 1.85 bits per heavy atom. The molecule has 6 nitrogen and oxygen atoms in total. The van der Waals surface area contributed by atoms with Gasteiger partial charge in [-0.15, -0.1) is 10.2 Å². The van der Waals surface area contributed by atoms with E-state index in [0.29, 0.717) is 18.4 Å². The summed E-state index contributed by atoms with van der Waals surface area (Å²) < 4.78 is 26.5. The van der Waals surface area contributed by atoms with Crippen LogP contribution < -0.4 is 10.2 Å². The van der Waals surface area contributed by atoms with Gasteiger partial charge in [-0.05, 0) is 48.4 Å². The summed E-state index contributed by atoms with van der Waals surface area (Å²) in [5.74, 6) is -1.60. The molecule has 0 saturated heterocycles. The van der Waals surface area contributed by atoms with Gasteiger partial charge in [0, 0.05) is 32.1 Å². The minimum atomic E-state index is -0.858. The van der Waals surface area contributed by atoms with Crippen LogP contribution in [0.1, 0.15) is 16.1 Å². The van der Waals surface area contributed by atoms with Gasteiger partial charge >= 0.3 is 0 Å². The molecule has 138 valence electrons. The van der Waals surface area contributed by atoms with Gasteiger partial charge in [-0.1, -0.05) is 0 Å². The largest absolute Gasteiger partial charge is 0.358 e. The second kappa shape index (κ2) is 8.31. The number of carbonyl (C=O) groups is 1. The lowest BCUT2D eigenvalue weighted by molar-refractivity contribution is 0.102. The number of carbonyl (C=O) groups excluding carboxylic acids is 1. The quantitative estimate of drug-likeness (QED) is 0.723. The summed E-state index contributed by atoms with van der Waals surface area (Å²) in [6.07, 6.45) is 4.30. The van der Waals surface area contributed by atoms with E-state index < -0.39 is 17.5 Å². The molecule has 8 heteroatoms. The van der Waals surface area contributed by atoms with Gasteiger partial charge in [-0.25, -0.2) is 8.78 Å². The summed E-state index contributed by atoms with van der Waals surface area (Å²) in [6.45, 7) is 0.713. The van der Waals surface area contributed by atoms with Gasteiger partial charge in [0.1, 0.15) is 11.6 Å². The highest BCUT2D eigenvalue weighted by molar-refractivity contribution is 6.02. The maximum Gasteiger partial charge on any atom is 0.276 e. The molecule has 0 unspecified atom stereocenters. The van der Waals surface area contributed by atoms with Crippen molar-refractivity contribution in [3.63, 3.8) is 0 Å². The molecule has 0 aliphatic carbocycles. The highest BCUT2D eigenvalue weighted by Gasteiger charge is 2.13.